The molecule has 0 saturated carbocycles. The Morgan fingerprint density at radius 1 is 1.14 bits per heavy atom. The van der Waals surface area contributed by atoms with Crippen LogP contribution in [0.1, 0.15) is 0 Å². The highest BCUT2D eigenvalue weighted by molar-refractivity contribution is 6.00. The summed E-state index contributed by atoms with van der Waals surface area (Å²) in [6, 6.07) is 8.69. The van der Waals surface area contributed by atoms with Crippen molar-refractivity contribution in [3.8, 4) is 0 Å². The summed E-state index contributed by atoms with van der Waals surface area (Å²) in [4.78, 5) is 22.0. The van der Waals surface area contributed by atoms with Crippen LogP contribution < -0.4 is 15.8 Å². The SMILES string of the molecule is O=C1CN(c2ccccc2)NC(=O)N1. The Hall–Kier alpha value is -2.04. The molecule has 1 aromatic carbocycles. The van der Waals surface area contributed by atoms with Gasteiger partial charge in [0.1, 0.15) is 6.54 Å². The second-order valence-corrected chi connectivity index (χ2v) is 2.91. The van der Waals surface area contributed by atoms with Crippen LogP contribution in [0.2, 0.25) is 0 Å². The van der Waals surface area contributed by atoms with Crippen LogP contribution in [-0.2, 0) is 4.79 Å². The fourth-order valence-corrected chi connectivity index (χ4v) is 1.26. The van der Waals surface area contributed by atoms with Crippen molar-refractivity contribution in [2.45, 2.75) is 0 Å². The molecule has 1 saturated heterocycles. The molecule has 1 aromatic rings. The molecule has 5 heteroatoms. The minimum atomic E-state index is -0.495. The van der Waals surface area contributed by atoms with Crippen LogP contribution >= 0.6 is 0 Å². The second-order valence-electron chi connectivity index (χ2n) is 2.91. The van der Waals surface area contributed by atoms with Crippen molar-refractivity contribution in [3.05, 3.63) is 30.3 Å². The van der Waals surface area contributed by atoms with Gasteiger partial charge in [0.25, 0.3) is 0 Å². The Kier molecular flexibility index (Phi) is 2.06. The van der Waals surface area contributed by atoms with E-state index in [9.17, 15) is 9.59 Å². The quantitative estimate of drug-likeness (QED) is 0.668. The molecular formula is C9H9N3O2. The van der Waals surface area contributed by atoms with Gasteiger partial charge in [-0.25, -0.2) is 10.2 Å². The van der Waals surface area contributed by atoms with E-state index in [2.05, 4.69) is 10.7 Å². The third-order valence-corrected chi connectivity index (χ3v) is 1.86. The lowest BCUT2D eigenvalue weighted by Gasteiger charge is -2.28. The summed E-state index contributed by atoms with van der Waals surface area (Å²) in [5.74, 6) is -0.308. The van der Waals surface area contributed by atoms with Crippen LogP contribution in [0.5, 0.6) is 0 Å². The number of carbonyl (C=O) groups excluding carboxylic acids is 2. The standard InChI is InChI=1S/C9H9N3O2/c13-8-6-12(11-9(14)10-8)7-4-2-1-3-5-7/h1-5H,6H2,(H2,10,11,13,14). The van der Waals surface area contributed by atoms with Gasteiger partial charge in [0.2, 0.25) is 5.91 Å². The van der Waals surface area contributed by atoms with Crippen LogP contribution in [0.4, 0.5) is 10.5 Å². The number of hydrazine groups is 1. The van der Waals surface area contributed by atoms with Crippen LogP contribution in [-0.4, -0.2) is 18.5 Å². The molecule has 0 radical (unpaired) electrons. The van der Waals surface area contributed by atoms with E-state index in [1.165, 1.54) is 5.01 Å². The number of amides is 3. The Morgan fingerprint density at radius 2 is 1.86 bits per heavy atom. The Bertz CT molecular complexity index is 348. The molecule has 0 aromatic heterocycles. The van der Waals surface area contributed by atoms with Gasteiger partial charge in [0.15, 0.2) is 0 Å². The summed E-state index contributed by atoms with van der Waals surface area (Å²) in [5, 5.41) is 3.65. The smallest absolute Gasteiger partial charge is 0.275 e. The fraction of sp³-hybridized carbons (Fsp3) is 0.111. The average Bonchev–Trinajstić information content (AvgIpc) is 2.18. The predicted octanol–water partition coefficient (Wildman–Crippen LogP) is 0.247. The van der Waals surface area contributed by atoms with Crippen molar-refractivity contribution in [1.29, 1.82) is 0 Å². The summed E-state index contributed by atoms with van der Waals surface area (Å²) < 4.78 is 0. The zero-order chi connectivity index (χ0) is 9.97. The van der Waals surface area contributed by atoms with E-state index >= 15 is 0 Å². The fourth-order valence-electron chi connectivity index (χ4n) is 1.26. The highest BCUT2D eigenvalue weighted by Gasteiger charge is 2.21. The average molecular weight is 191 g/mol. The van der Waals surface area contributed by atoms with Crippen LogP contribution in [0.25, 0.3) is 0 Å². The van der Waals surface area contributed by atoms with Crippen LogP contribution in [0, 0.1) is 0 Å². The lowest BCUT2D eigenvalue weighted by atomic mass is 10.3. The molecule has 2 N–H and O–H groups in total. The van der Waals surface area contributed by atoms with Crippen molar-refractivity contribution >= 4 is 17.6 Å². The van der Waals surface area contributed by atoms with Crippen molar-refractivity contribution in [2.75, 3.05) is 11.6 Å². The summed E-state index contributed by atoms with van der Waals surface area (Å²) >= 11 is 0. The molecule has 72 valence electrons. The van der Waals surface area contributed by atoms with E-state index in [1.54, 1.807) is 0 Å². The molecule has 0 bridgehead atoms. The van der Waals surface area contributed by atoms with Gasteiger partial charge in [0.05, 0.1) is 5.69 Å². The molecule has 14 heavy (non-hydrogen) atoms. The van der Waals surface area contributed by atoms with Crippen molar-refractivity contribution in [1.82, 2.24) is 10.7 Å². The topological polar surface area (TPSA) is 61.4 Å². The lowest BCUT2D eigenvalue weighted by Crippen LogP contribution is -2.59. The van der Waals surface area contributed by atoms with E-state index in [1.807, 2.05) is 30.3 Å². The zero-order valence-corrected chi connectivity index (χ0v) is 7.36. The van der Waals surface area contributed by atoms with Gasteiger partial charge in [-0.1, -0.05) is 18.2 Å². The number of hydrogen-bond acceptors (Lipinski definition) is 3. The van der Waals surface area contributed by atoms with Gasteiger partial charge < -0.3 is 0 Å². The first-order valence-electron chi connectivity index (χ1n) is 4.19. The number of para-hydroxylation sites is 1. The number of carbonyl (C=O) groups is 2. The maximum absolute atomic E-state index is 11.0. The lowest BCUT2D eigenvalue weighted by molar-refractivity contribution is -0.119. The Balaban J connectivity index is 2.19. The third kappa shape index (κ3) is 1.66. The molecule has 2 rings (SSSR count). The molecule has 1 fully saturated rings. The molecule has 1 aliphatic rings. The molecule has 0 aliphatic carbocycles. The number of nitrogens with one attached hydrogen (secondary N) is 2. The third-order valence-electron chi connectivity index (χ3n) is 1.86. The summed E-state index contributed by atoms with van der Waals surface area (Å²) in [6.07, 6.45) is 0. The first kappa shape index (κ1) is 8.55. The van der Waals surface area contributed by atoms with Crippen molar-refractivity contribution in [3.63, 3.8) is 0 Å². The van der Waals surface area contributed by atoms with Crippen molar-refractivity contribution < 1.29 is 9.59 Å². The number of urea groups is 1. The number of imide groups is 1. The van der Waals surface area contributed by atoms with E-state index in [4.69, 9.17) is 0 Å². The first-order valence-corrected chi connectivity index (χ1v) is 4.19. The summed E-state index contributed by atoms with van der Waals surface area (Å²) in [7, 11) is 0. The van der Waals surface area contributed by atoms with E-state index in [-0.39, 0.29) is 12.5 Å². The molecule has 1 aliphatic heterocycles. The molecule has 5 nitrogen and oxygen atoms in total. The predicted molar refractivity (Wildman–Crippen MR) is 50.5 cm³/mol. The minimum Gasteiger partial charge on any atom is -0.275 e. The number of hydrogen-bond donors (Lipinski definition) is 2. The molecule has 1 heterocycles. The van der Waals surface area contributed by atoms with Gasteiger partial charge in [-0.15, -0.1) is 0 Å². The summed E-state index contributed by atoms with van der Waals surface area (Å²) in [6.45, 7) is 0.135. The molecule has 0 atom stereocenters. The Morgan fingerprint density at radius 3 is 2.50 bits per heavy atom. The molecular weight excluding hydrogens is 182 g/mol. The van der Waals surface area contributed by atoms with Gasteiger partial charge in [-0.2, -0.15) is 0 Å². The number of anilines is 1. The highest BCUT2D eigenvalue weighted by Crippen LogP contribution is 2.11. The van der Waals surface area contributed by atoms with E-state index in [0.717, 1.165) is 5.69 Å². The Labute approximate surface area is 80.7 Å². The molecule has 0 unspecified atom stereocenters. The molecule has 3 amide bonds. The minimum absolute atomic E-state index is 0.135. The largest absolute Gasteiger partial charge is 0.340 e. The maximum Gasteiger partial charge on any atom is 0.340 e. The number of nitrogens with zero attached hydrogens (tertiary/aromatic N) is 1. The zero-order valence-electron chi connectivity index (χ0n) is 7.36. The van der Waals surface area contributed by atoms with Gasteiger partial charge in [-0.05, 0) is 12.1 Å². The maximum atomic E-state index is 11.0. The van der Waals surface area contributed by atoms with E-state index in [0.29, 0.717) is 0 Å². The van der Waals surface area contributed by atoms with Crippen LogP contribution in [0.15, 0.2) is 30.3 Å². The molecule has 0 spiro atoms. The van der Waals surface area contributed by atoms with Gasteiger partial charge in [0, 0.05) is 0 Å². The van der Waals surface area contributed by atoms with Gasteiger partial charge in [-0.3, -0.25) is 15.1 Å². The van der Waals surface area contributed by atoms with Gasteiger partial charge >= 0.3 is 6.03 Å². The number of rotatable bonds is 1. The second kappa shape index (κ2) is 3.37. The van der Waals surface area contributed by atoms with Crippen molar-refractivity contribution in [2.24, 2.45) is 0 Å². The monoisotopic (exact) mass is 191 g/mol. The highest BCUT2D eigenvalue weighted by atomic mass is 16.2. The van der Waals surface area contributed by atoms with Crippen LogP contribution in [0.3, 0.4) is 0 Å². The number of benzene rings is 1. The first-order chi connectivity index (χ1) is 6.75. The van der Waals surface area contributed by atoms with E-state index < -0.39 is 6.03 Å². The summed E-state index contributed by atoms with van der Waals surface area (Å²) in [5.41, 5.74) is 3.31. The normalized spacial score (nSPS) is 16.1.